The molecule has 2 aliphatic carbocycles. The van der Waals surface area contributed by atoms with E-state index in [-0.39, 0.29) is 11.6 Å². The molecule has 2 nitrogen and oxygen atoms in total. The Morgan fingerprint density at radius 2 is 2.10 bits per heavy atom. The van der Waals surface area contributed by atoms with E-state index in [2.05, 4.69) is 44.2 Å². The van der Waals surface area contributed by atoms with Crippen molar-refractivity contribution in [3.8, 4) is 0 Å². The summed E-state index contributed by atoms with van der Waals surface area (Å²) < 4.78 is 6.26. The maximum atomic E-state index is 6.74. The van der Waals surface area contributed by atoms with Crippen molar-refractivity contribution in [2.45, 2.75) is 63.5 Å². The summed E-state index contributed by atoms with van der Waals surface area (Å²) in [6.07, 6.45) is 6.10. The molecule has 0 aromatic heterocycles. The molecule has 0 radical (unpaired) electrons. The summed E-state index contributed by atoms with van der Waals surface area (Å²) in [4.78, 5) is 0. The zero-order chi connectivity index (χ0) is 14.9. The highest BCUT2D eigenvalue weighted by Gasteiger charge is 2.52. The van der Waals surface area contributed by atoms with Gasteiger partial charge in [0.25, 0.3) is 0 Å². The second-order valence-corrected chi connectivity index (χ2v) is 7.14. The Balaban J connectivity index is 1.72. The number of hydrogen-bond donors (Lipinski definition) is 1. The van der Waals surface area contributed by atoms with Crippen molar-refractivity contribution < 1.29 is 4.74 Å². The monoisotopic (exact) mass is 287 g/mol. The highest BCUT2D eigenvalue weighted by molar-refractivity contribution is 5.27. The van der Waals surface area contributed by atoms with Crippen molar-refractivity contribution in [2.24, 2.45) is 17.6 Å². The van der Waals surface area contributed by atoms with E-state index in [1.54, 1.807) is 0 Å². The van der Waals surface area contributed by atoms with Gasteiger partial charge in [-0.15, -0.1) is 0 Å². The number of hydrogen-bond acceptors (Lipinski definition) is 2. The normalized spacial score (nSPS) is 37.2. The first-order valence-electron chi connectivity index (χ1n) is 8.61. The molecule has 2 aliphatic rings. The molecule has 2 N–H and O–H groups in total. The third-order valence-corrected chi connectivity index (χ3v) is 5.56. The lowest BCUT2D eigenvalue weighted by Gasteiger charge is -2.44. The average Bonchev–Trinajstić information content (AvgIpc) is 3.28. The summed E-state index contributed by atoms with van der Waals surface area (Å²) >= 11 is 0. The first kappa shape index (κ1) is 15.1. The van der Waals surface area contributed by atoms with Crippen molar-refractivity contribution in [3.05, 3.63) is 35.9 Å². The fraction of sp³-hybridized carbons (Fsp3) is 0.684. The standard InChI is InChI=1S/C19H29NO/c1-3-21-19(11-7-8-14(2)13-19)18(20)17-12-16(17)15-9-5-4-6-10-15/h4-6,9-10,14,16-18H,3,7-8,11-13,20H2,1-2H3. The molecule has 2 fully saturated rings. The minimum atomic E-state index is -0.0688. The van der Waals surface area contributed by atoms with Crippen molar-refractivity contribution in [2.75, 3.05) is 6.61 Å². The summed E-state index contributed by atoms with van der Waals surface area (Å²) in [5.41, 5.74) is 8.12. The van der Waals surface area contributed by atoms with Gasteiger partial charge in [0.2, 0.25) is 0 Å². The van der Waals surface area contributed by atoms with Crippen LogP contribution in [0.2, 0.25) is 0 Å². The Hall–Kier alpha value is -0.860. The van der Waals surface area contributed by atoms with E-state index in [0.29, 0.717) is 11.8 Å². The van der Waals surface area contributed by atoms with Crippen LogP contribution in [0.25, 0.3) is 0 Å². The molecule has 5 unspecified atom stereocenters. The molecule has 0 amide bonds. The minimum absolute atomic E-state index is 0.0688. The molecule has 116 valence electrons. The number of benzene rings is 1. The van der Waals surface area contributed by atoms with Crippen LogP contribution < -0.4 is 5.73 Å². The van der Waals surface area contributed by atoms with Gasteiger partial charge in [0.1, 0.15) is 0 Å². The Morgan fingerprint density at radius 1 is 1.33 bits per heavy atom. The van der Waals surface area contributed by atoms with Gasteiger partial charge in [-0.3, -0.25) is 0 Å². The minimum Gasteiger partial charge on any atom is -0.374 e. The molecule has 3 rings (SSSR count). The Morgan fingerprint density at radius 3 is 2.76 bits per heavy atom. The van der Waals surface area contributed by atoms with Crippen LogP contribution in [0.4, 0.5) is 0 Å². The van der Waals surface area contributed by atoms with Crippen molar-refractivity contribution in [3.63, 3.8) is 0 Å². The summed E-state index contributed by atoms with van der Waals surface area (Å²) in [6.45, 7) is 5.24. The average molecular weight is 287 g/mol. The molecule has 2 saturated carbocycles. The molecular formula is C19H29NO. The molecule has 0 spiro atoms. The van der Waals surface area contributed by atoms with E-state index >= 15 is 0 Å². The van der Waals surface area contributed by atoms with Crippen LogP contribution >= 0.6 is 0 Å². The Bertz CT molecular complexity index is 456. The van der Waals surface area contributed by atoms with E-state index in [0.717, 1.165) is 25.4 Å². The topological polar surface area (TPSA) is 35.2 Å². The number of ether oxygens (including phenoxy) is 1. The van der Waals surface area contributed by atoms with Gasteiger partial charge in [0.05, 0.1) is 5.60 Å². The highest BCUT2D eigenvalue weighted by atomic mass is 16.5. The largest absolute Gasteiger partial charge is 0.374 e. The molecule has 0 heterocycles. The van der Waals surface area contributed by atoms with Crippen LogP contribution in [-0.2, 0) is 4.74 Å². The molecule has 5 atom stereocenters. The highest BCUT2D eigenvalue weighted by Crippen LogP contribution is 2.53. The van der Waals surface area contributed by atoms with E-state index in [1.165, 1.54) is 24.8 Å². The van der Waals surface area contributed by atoms with Crippen molar-refractivity contribution in [1.82, 2.24) is 0 Å². The molecule has 0 bridgehead atoms. The molecule has 0 aliphatic heterocycles. The van der Waals surface area contributed by atoms with Crippen LogP contribution in [0.3, 0.4) is 0 Å². The molecule has 21 heavy (non-hydrogen) atoms. The second-order valence-electron chi connectivity index (χ2n) is 7.14. The van der Waals surface area contributed by atoms with Gasteiger partial charge in [-0.2, -0.15) is 0 Å². The van der Waals surface area contributed by atoms with Crippen LogP contribution in [-0.4, -0.2) is 18.2 Å². The van der Waals surface area contributed by atoms with Crippen LogP contribution in [0.5, 0.6) is 0 Å². The predicted octanol–water partition coefficient (Wildman–Crippen LogP) is 4.10. The van der Waals surface area contributed by atoms with Gasteiger partial charge in [-0.05, 0) is 49.5 Å². The predicted molar refractivity (Wildman–Crippen MR) is 87.3 cm³/mol. The van der Waals surface area contributed by atoms with Gasteiger partial charge in [-0.25, -0.2) is 0 Å². The maximum Gasteiger partial charge on any atom is 0.0837 e. The number of nitrogens with two attached hydrogens (primary N) is 1. The first-order valence-corrected chi connectivity index (χ1v) is 8.61. The van der Waals surface area contributed by atoms with Gasteiger partial charge >= 0.3 is 0 Å². The Kier molecular flexibility index (Phi) is 4.37. The third-order valence-electron chi connectivity index (χ3n) is 5.56. The molecule has 2 heteroatoms. The molecule has 1 aromatic rings. The second kappa shape index (κ2) is 6.10. The summed E-state index contributed by atoms with van der Waals surface area (Å²) in [7, 11) is 0. The van der Waals surface area contributed by atoms with Crippen LogP contribution in [0.15, 0.2) is 30.3 Å². The first-order chi connectivity index (χ1) is 10.2. The van der Waals surface area contributed by atoms with E-state index in [1.807, 2.05) is 0 Å². The van der Waals surface area contributed by atoms with E-state index < -0.39 is 0 Å². The quantitative estimate of drug-likeness (QED) is 0.884. The smallest absolute Gasteiger partial charge is 0.0837 e. The molecular weight excluding hydrogens is 258 g/mol. The number of rotatable bonds is 5. The zero-order valence-corrected chi connectivity index (χ0v) is 13.4. The van der Waals surface area contributed by atoms with Crippen LogP contribution in [0, 0.1) is 11.8 Å². The Labute approximate surface area is 129 Å². The van der Waals surface area contributed by atoms with Gasteiger partial charge in [0.15, 0.2) is 0 Å². The lowest BCUT2D eigenvalue weighted by Crippen LogP contribution is -2.54. The third kappa shape index (κ3) is 3.02. The summed E-state index contributed by atoms with van der Waals surface area (Å²) in [5, 5.41) is 0. The lowest BCUT2D eigenvalue weighted by molar-refractivity contribution is -0.0971. The molecule has 0 saturated heterocycles. The zero-order valence-electron chi connectivity index (χ0n) is 13.4. The van der Waals surface area contributed by atoms with Gasteiger partial charge < -0.3 is 10.5 Å². The fourth-order valence-electron chi connectivity index (χ4n) is 4.45. The lowest BCUT2D eigenvalue weighted by atomic mass is 9.73. The summed E-state index contributed by atoms with van der Waals surface area (Å²) in [5.74, 6) is 1.99. The summed E-state index contributed by atoms with van der Waals surface area (Å²) in [6, 6.07) is 11.0. The van der Waals surface area contributed by atoms with Crippen molar-refractivity contribution in [1.29, 1.82) is 0 Å². The molecule has 1 aromatic carbocycles. The van der Waals surface area contributed by atoms with E-state index in [4.69, 9.17) is 10.5 Å². The maximum absolute atomic E-state index is 6.74. The van der Waals surface area contributed by atoms with Crippen LogP contribution in [0.1, 0.15) is 57.4 Å². The van der Waals surface area contributed by atoms with Gasteiger partial charge in [0, 0.05) is 12.6 Å². The van der Waals surface area contributed by atoms with Crippen molar-refractivity contribution >= 4 is 0 Å². The fourth-order valence-corrected chi connectivity index (χ4v) is 4.45. The van der Waals surface area contributed by atoms with Gasteiger partial charge in [-0.1, -0.05) is 50.1 Å². The SMILES string of the molecule is CCOC1(C(N)C2CC2c2ccccc2)CCCC(C)C1. The van der Waals surface area contributed by atoms with E-state index in [9.17, 15) is 0 Å².